The van der Waals surface area contributed by atoms with Crippen molar-refractivity contribution in [2.45, 2.75) is 19.3 Å². The summed E-state index contributed by atoms with van der Waals surface area (Å²) in [6.45, 7) is 4.69. The van der Waals surface area contributed by atoms with Gasteiger partial charge in [0, 0.05) is 89.8 Å². The Bertz CT molecular complexity index is 6650. The monoisotopic (exact) mass is 1340 g/mol. The number of benzene rings is 16. The summed E-state index contributed by atoms with van der Waals surface area (Å²) >= 11 is 0. The zero-order valence-electron chi connectivity index (χ0n) is 58.0. The van der Waals surface area contributed by atoms with Gasteiger partial charge in [0.15, 0.2) is 0 Å². The molecule has 5 heteroatoms. The van der Waals surface area contributed by atoms with E-state index in [1.165, 1.54) is 149 Å². The lowest BCUT2D eigenvalue weighted by atomic mass is 9.82. The molecule has 0 fully saturated rings. The molecule has 0 aliphatic heterocycles. The highest BCUT2D eigenvalue weighted by Gasteiger charge is 2.36. The Labute approximate surface area is 609 Å². The number of fused-ring (bicyclic) bond motifs is 9. The molecule has 5 nitrogen and oxygen atoms in total. The first kappa shape index (κ1) is 60.2. The van der Waals surface area contributed by atoms with Gasteiger partial charge in [-0.25, -0.2) is 0 Å². The summed E-state index contributed by atoms with van der Waals surface area (Å²) in [5.41, 5.74) is 34.0. The molecule has 0 atom stereocenters. The second-order valence-corrected chi connectivity index (χ2v) is 28.5. The van der Waals surface area contributed by atoms with Gasteiger partial charge in [0.1, 0.15) is 0 Å². The van der Waals surface area contributed by atoms with Crippen molar-refractivity contribution in [2.75, 3.05) is 9.80 Å². The number of anilines is 6. The molecule has 0 amide bonds. The first-order valence-corrected chi connectivity index (χ1v) is 36.3. The van der Waals surface area contributed by atoms with Crippen molar-refractivity contribution >= 4 is 99.3 Å². The van der Waals surface area contributed by atoms with Crippen molar-refractivity contribution in [1.29, 1.82) is 0 Å². The van der Waals surface area contributed by atoms with Crippen LogP contribution in [0.2, 0.25) is 0 Å². The quantitative estimate of drug-likeness (QED) is 0.137. The Hall–Kier alpha value is -13.6. The van der Waals surface area contributed by atoms with E-state index in [1.54, 1.807) is 0 Å². The van der Waals surface area contributed by atoms with E-state index < -0.39 is 0 Å². The van der Waals surface area contributed by atoms with E-state index >= 15 is 0 Å². The number of para-hydroxylation sites is 3. The first-order valence-electron chi connectivity index (χ1n) is 36.3. The van der Waals surface area contributed by atoms with Gasteiger partial charge in [-0.15, -0.1) is 0 Å². The lowest BCUT2D eigenvalue weighted by Crippen LogP contribution is -2.16. The van der Waals surface area contributed by atoms with Crippen LogP contribution in [0.5, 0.6) is 0 Å². The molecular weight excluding hydrogens is 1270 g/mol. The van der Waals surface area contributed by atoms with Gasteiger partial charge >= 0.3 is 0 Å². The second-order valence-electron chi connectivity index (χ2n) is 28.5. The minimum Gasteiger partial charge on any atom is -0.311 e. The van der Waals surface area contributed by atoms with Crippen molar-refractivity contribution in [1.82, 2.24) is 14.1 Å². The third-order valence-electron chi connectivity index (χ3n) is 22.5. The van der Waals surface area contributed by atoms with Crippen LogP contribution in [0.3, 0.4) is 0 Å². The molecule has 0 bridgehead atoms. The van der Waals surface area contributed by atoms with Crippen LogP contribution in [0.1, 0.15) is 25.0 Å². The van der Waals surface area contributed by atoms with Crippen LogP contribution in [-0.4, -0.2) is 14.1 Å². The van der Waals surface area contributed by atoms with Crippen molar-refractivity contribution in [3.8, 4) is 89.4 Å². The van der Waals surface area contributed by atoms with Crippen molar-refractivity contribution in [2.24, 2.45) is 0 Å². The summed E-state index contributed by atoms with van der Waals surface area (Å²) in [5.74, 6) is 0. The third kappa shape index (κ3) is 9.38. The maximum Gasteiger partial charge on any atom is 0.0787 e. The van der Waals surface area contributed by atoms with E-state index in [0.29, 0.717) is 0 Å². The third-order valence-corrected chi connectivity index (χ3v) is 22.5. The molecule has 19 aromatic rings. The van der Waals surface area contributed by atoms with Gasteiger partial charge in [0.05, 0.1) is 27.8 Å². The Morgan fingerprint density at radius 3 is 1.11 bits per heavy atom. The molecule has 0 spiro atoms. The fourth-order valence-corrected chi connectivity index (χ4v) is 17.7. The standard InChI is InChI=1S/C54H37N3.C46H30N2/c1-54(2)46-18-7-6-14-41(46)42-30-29-40(33-47(42)54)56(37-12-4-3-5-13-37)38-25-20-34(21-26-38)35-22-27-39(28-23-35)57-48-19-9-16-45-51(48)52-49(57)31-24-36-11-8-15-43(50(36)52)44-17-10-32-55-53(44)45;1-3-12-34(13-4-1)47(35-14-5-2-6-15-35)36-26-21-31(22-27-36)32-23-28-37(29-24-32)48-42-20-10-19-41-39-17-8-7-16-38(39)40-18-9-11-33-25-30-43(48)46(44(33)40)45(41)42/h3-33H,1-2H3;1-30H. The molecule has 0 saturated heterocycles. The zero-order valence-corrected chi connectivity index (χ0v) is 58.0. The average molecular weight is 1340 g/mol. The maximum absolute atomic E-state index is 4.95. The topological polar surface area (TPSA) is 29.2 Å². The molecule has 22 rings (SSSR count). The number of hydrogen-bond acceptors (Lipinski definition) is 3. The number of hydrogen-bond donors (Lipinski definition) is 0. The van der Waals surface area contributed by atoms with Crippen LogP contribution in [0, 0.1) is 0 Å². The predicted molar refractivity (Wildman–Crippen MR) is 441 cm³/mol. The molecule has 16 aromatic carbocycles. The highest BCUT2D eigenvalue weighted by Crippen LogP contribution is 2.54. The first-order chi connectivity index (χ1) is 51.9. The number of pyridine rings is 1. The Morgan fingerprint density at radius 1 is 0.238 bits per heavy atom. The van der Waals surface area contributed by atoms with E-state index in [1.807, 2.05) is 6.20 Å². The molecule has 0 N–H and O–H groups in total. The Balaban J connectivity index is 0.000000137. The van der Waals surface area contributed by atoms with E-state index in [2.05, 4.69) is 397 Å². The van der Waals surface area contributed by atoms with E-state index in [-0.39, 0.29) is 5.41 Å². The van der Waals surface area contributed by atoms with E-state index in [4.69, 9.17) is 4.98 Å². The van der Waals surface area contributed by atoms with Crippen molar-refractivity contribution in [3.05, 3.63) is 381 Å². The molecular formula is C100H67N5. The van der Waals surface area contributed by atoms with Crippen LogP contribution in [0.4, 0.5) is 34.1 Å². The normalized spacial score (nSPS) is 12.6. The number of aromatic nitrogens is 3. The Kier molecular flexibility index (Phi) is 13.6. The highest BCUT2D eigenvalue weighted by molar-refractivity contribution is 6.32. The maximum atomic E-state index is 4.95. The van der Waals surface area contributed by atoms with Gasteiger partial charge in [-0.2, -0.15) is 0 Å². The summed E-state index contributed by atoms with van der Waals surface area (Å²) < 4.78 is 4.88. The minimum absolute atomic E-state index is 0.0727. The number of rotatable bonds is 10. The fourth-order valence-electron chi connectivity index (χ4n) is 17.7. The molecule has 3 heterocycles. The lowest BCUT2D eigenvalue weighted by molar-refractivity contribution is 0.660. The van der Waals surface area contributed by atoms with Crippen LogP contribution < -0.4 is 9.80 Å². The van der Waals surface area contributed by atoms with Crippen molar-refractivity contribution < 1.29 is 0 Å². The van der Waals surface area contributed by atoms with Crippen LogP contribution >= 0.6 is 0 Å². The Morgan fingerprint density at radius 2 is 0.600 bits per heavy atom. The summed E-state index contributed by atoms with van der Waals surface area (Å²) in [6, 6.07) is 133. The minimum atomic E-state index is -0.0727. The van der Waals surface area contributed by atoms with Crippen molar-refractivity contribution in [3.63, 3.8) is 0 Å². The summed E-state index contributed by atoms with van der Waals surface area (Å²) in [7, 11) is 0. The van der Waals surface area contributed by atoms with Gasteiger partial charge in [-0.05, 0) is 221 Å². The number of nitrogens with zero attached hydrogens (tertiary/aromatic N) is 5. The molecule has 3 aliphatic rings. The van der Waals surface area contributed by atoms with Crippen LogP contribution in [-0.2, 0) is 5.41 Å². The molecule has 105 heavy (non-hydrogen) atoms. The average Bonchev–Trinajstić information content (AvgIpc) is 1.56. The summed E-state index contributed by atoms with van der Waals surface area (Å²) in [6.07, 6.45) is 1.92. The molecule has 3 aromatic heterocycles. The van der Waals surface area contributed by atoms with Gasteiger partial charge in [-0.1, -0.05) is 250 Å². The highest BCUT2D eigenvalue weighted by atomic mass is 15.1. The van der Waals surface area contributed by atoms with Gasteiger partial charge < -0.3 is 18.9 Å². The van der Waals surface area contributed by atoms with Gasteiger partial charge in [0.2, 0.25) is 0 Å². The van der Waals surface area contributed by atoms with Crippen LogP contribution in [0.15, 0.2) is 370 Å². The smallest absolute Gasteiger partial charge is 0.0787 e. The fraction of sp³-hybridized carbons (Fsp3) is 0.0300. The van der Waals surface area contributed by atoms with E-state index in [0.717, 1.165) is 51.2 Å². The molecule has 0 saturated carbocycles. The molecule has 0 radical (unpaired) electrons. The summed E-state index contributed by atoms with van der Waals surface area (Å²) in [5, 5.41) is 10.4. The SMILES string of the molecule is CC1(C)c2ccccc2-c2ccc(N(c3ccccc3)c3ccc(-c4ccc(-n5c6cccc7c6c6c8c(cccc8ccc65)-c5cccnc5-7)cc4)cc3)cc21.c1ccc(N(c2ccccc2)c2ccc(-c3ccc(-n4c5cccc6c5c5c7c(cccc7ccc54)-c4ccccc4-6)cc3)cc2)cc1. The largest absolute Gasteiger partial charge is 0.311 e. The van der Waals surface area contributed by atoms with E-state index in [9.17, 15) is 0 Å². The zero-order chi connectivity index (χ0) is 69.4. The van der Waals surface area contributed by atoms with Crippen LogP contribution in [0.25, 0.3) is 155 Å². The van der Waals surface area contributed by atoms with Gasteiger partial charge in [-0.3, -0.25) is 4.98 Å². The lowest BCUT2D eigenvalue weighted by Gasteiger charge is -2.28. The molecule has 492 valence electrons. The second kappa shape index (κ2) is 23.7. The van der Waals surface area contributed by atoms with Gasteiger partial charge in [0.25, 0.3) is 0 Å². The predicted octanol–water partition coefficient (Wildman–Crippen LogP) is 27.1. The summed E-state index contributed by atoms with van der Waals surface area (Å²) in [4.78, 5) is 9.63. The molecule has 0 unspecified atom stereocenters. The molecule has 3 aliphatic carbocycles.